The number of halogens is 5. The molecule has 0 aromatic heterocycles. The molecule has 0 aliphatic heterocycles. The molecule has 2 rings (SSSR count). The highest BCUT2D eigenvalue weighted by atomic mass is 19.3. The molecule has 0 radical (unpaired) electrons. The first-order valence-electron chi connectivity index (χ1n) is 6.44. The fourth-order valence-electron chi connectivity index (χ4n) is 3.13. The topological polar surface area (TPSA) is 46.2 Å². The highest BCUT2D eigenvalue weighted by Crippen LogP contribution is 2.52. The molecular formula is C14H16F5NO. The second-order valence-electron chi connectivity index (χ2n) is 5.68. The number of alkyl halides is 4. The van der Waals surface area contributed by atoms with Crippen LogP contribution < -0.4 is 5.73 Å². The molecule has 118 valence electrons. The van der Waals surface area contributed by atoms with Crippen LogP contribution in [0.2, 0.25) is 0 Å². The molecule has 0 heterocycles. The average molecular weight is 309 g/mol. The zero-order valence-corrected chi connectivity index (χ0v) is 11.1. The van der Waals surface area contributed by atoms with Crippen LogP contribution in [0.3, 0.4) is 0 Å². The molecule has 1 aromatic rings. The minimum atomic E-state index is -3.38. The maximum absolute atomic E-state index is 13.9. The van der Waals surface area contributed by atoms with Crippen molar-refractivity contribution in [3.05, 3.63) is 35.6 Å². The summed E-state index contributed by atoms with van der Waals surface area (Å²) in [6, 6.07) is 4.87. The van der Waals surface area contributed by atoms with Crippen molar-refractivity contribution in [2.75, 3.05) is 13.3 Å². The van der Waals surface area contributed by atoms with E-state index in [9.17, 15) is 27.1 Å². The Hall–Kier alpha value is -1.21. The van der Waals surface area contributed by atoms with Gasteiger partial charge in [0.15, 0.2) is 0 Å². The van der Waals surface area contributed by atoms with Crippen LogP contribution in [-0.2, 0) is 5.54 Å². The molecule has 1 fully saturated rings. The standard InChI is InChI=1S/C14H16F5NO/c15-7-12(21)6-13(18,19)5-11(12)14(20,8-16)9-3-1-2-4-10(9)17/h1-4,11,21H,5-8,20H2/t11-,12-,14+/m1/s1. The van der Waals surface area contributed by atoms with Crippen molar-refractivity contribution in [3.63, 3.8) is 0 Å². The molecule has 1 aliphatic rings. The SMILES string of the molecule is N[C@@](CF)(c1ccccc1F)[C@@H]1CC(F)(F)C[C@@]1(O)CF. The Morgan fingerprint density at radius 3 is 2.43 bits per heavy atom. The van der Waals surface area contributed by atoms with Gasteiger partial charge in [0.05, 0.1) is 5.54 Å². The van der Waals surface area contributed by atoms with E-state index in [-0.39, 0.29) is 5.56 Å². The number of hydrogen-bond acceptors (Lipinski definition) is 2. The summed E-state index contributed by atoms with van der Waals surface area (Å²) in [4.78, 5) is 0. The van der Waals surface area contributed by atoms with Crippen LogP contribution in [0.15, 0.2) is 24.3 Å². The van der Waals surface area contributed by atoms with Crippen molar-refractivity contribution >= 4 is 0 Å². The maximum atomic E-state index is 13.9. The predicted octanol–water partition coefficient (Wildman–Crippen LogP) is 2.70. The highest BCUT2D eigenvalue weighted by molar-refractivity contribution is 5.29. The summed E-state index contributed by atoms with van der Waals surface area (Å²) in [5.41, 5.74) is 0.781. The fraction of sp³-hybridized carbons (Fsp3) is 0.571. The zero-order valence-electron chi connectivity index (χ0n) is 11.1. The lowest BCUT2D eigenvalue weighted by atomic mass is 9.72. The molecule has 1 aromatic carbocycles. The molecule has 7 heteroatoms. The molecule has 21 heavy (non-hydrogen) atoms. The van der Waals surface area contributed by atoms with Crippen LogP contribution in [0.1, 0.15) is 18.4 Å². The van der Waals surface area contributed by atoms with E-state index in [0.29, 0.717) is 0 Å². The van der Waals surface area contributed by atoms with Gasteiger partial charge in [-0.1, -0.05) is 18.2 Å². The number of nitrogens with two attached hydrogens (primary N) is 1. The van der Waals surface area contributed by atoms with Gasteiger partial charge in [0.1, 0.15) is 24.8 Å². The van der Waals surface area contributed by atoms with Gasteiger partial charge in [-0.3, -0.25) is 0 Å². The molecule has 3 N–H and O–H groups in total. The number of benzene rings is 1. The maximum Gasteiger partial charge on any atom is 0.251 e. The third-order valence-electron chi connectivity index (χ3n) is 4.17. The molecule has 3 atom stereocenters. The quantitative estimate of drug-likeness (QED) is 0.840. The van der Waals surface area contributed by atoms with Crippen LogP contribution in [-0.4, -0.2) is 30.0 Å². The van der Waals surface area contributed by atoms with Crippen molar-refractivity contribution in [1.82, 2.24) is 0 Å². The van der Waals surface area contributed by atoms with Crippen LogP contribution in [0, 0.1) is 11.7 Å². The Morgan fingerprint density at radius 2 is 1.90 bits per heavy atom. The van der Waals surface area contributed by atoms with Gasteiger partial charge in [-0.25, -0.2) is 22.0 Å². The minimum Gasteiger partial charge on any atom is -0.387 e. The van der Waals surface area contributed by atoms with E-state index >= 15 is 0 Å². The normalized spacial score (nSPS) is 31.1. The lowest BCUT2D eigenvalue weighted by molar-refractivity contribution is -0.0653. The van der Waals surface area contributed by atoms with E-state index in [0.717, 1.165) is 12.1 Å². The first-order valence-corrected chi connectivity index (χ1v) is 6.44. The van der Waals surface area contributed by atoms with E-state index < -0.39 is 55.0 Å². The first kappa shape index (κ1) is 16.2. The first-order chi connectivity index (χ1) is 9.68. The Kier molecular flexibility index (Phi) is 4.01. The lowest BCUT2D eigenvalue weighted by Crippen LogP contribution is -2.55. The predicted molar refractivity (Wildman–Crippen MR) is 66.8 cm³/mol. The molecule has 1 saturated carbocycles. The zero-order chi connectivity index (χ0) is 15.9. The average Bonchev–Trinajstić information content (AvgIpc) is 2.69. The van der Waals surface area contributed by atoms with Crippen molar-refractivity contribution in [3.8, 4) is 0 Å². The third kappa shape index (κ3) is 2.64. The summed E-state index contributed by atoms with van der Waals surface area (Å²) >= 11 is 0. The minimum absolute atomic E-state index is 0.345. The van der Waals surface area contributed by atoms with E-state index in [1.807, 2.05) is 0 Å². The van der Waals surface area contributed by atoms with Gasteiger partial charge in [-0.05, 0) is 6.07 Å². The molecule has 0 saturated heterocycles. The van der Waals surface area contributed by atoms with Gasteiger partial charge in [-0.15, -0.1) is 0 Å². The van der Waals surface area contributed by atoms with Crippen LogP contribution in [0.25, 0.3) is 0 Å². The largest absolute Gasteiger partial charge is 0.387 e. The molecule has 0 amide bonds. The van der Waals surface area contributed by atoms with Gasteiger partial charge in [0.25, 0.3) is 5.92 Å². The third-order valence-corrected chi connectivity index (χ3v) is 4.17. The highest BCUT2D eigenvalue weighted by Gasteiger charge is 2.62. The lowest BCUT2D eigenvalue weighted by Gasteiger charge is -2.40. The Morgan fingerprint density at radius 1 is 1.29 bits per heavy atom. The number of rotatable bonds is 4. The van der Waals surface area contributed by atoms with Crippen molar-refractivity contribution in [1.29, 1.82) is 0 Å². The monoisotopic (exact) mass is 309 g/mol. The number of aliphatic hydroxyl groups is 1. The molecular weight excluding hydrogens is 293 g/mol. The van der Waals surface area contributed by atoms with E-state index in [4.69, 9.17) is 5.73 Å². The number of hydrogen-bond donors (Lipinski definition) is 2. The Balaban J connectivity index is 2.52. The molecule has 0 bridgehead atoms. The molecule has 0 unspecified atom stereocenters. The summed E-state index contributed by atoms with van der Waals surface area (Å²) in [5.74, 6) is -5.89. The van der Waals surface area contributed by atoms with Gasteiger partial charge in [-0.2, -0.15) is 0 Å². The fourth-order valence-corrected chi connectivity index (χ4v) is 3.13. The summed E-state index contributed by atoms with van der Waals surface area (Å²) in [7, 11) is 0. The Bertz CT molecular complexity index is 526. The van der Waals surface area contributed by atoms with E-state index in [1.165, 1.54) is 12.1 Å². The van der Waals surface area contributed by atoms with Crippen LogP contribution in [0.4, 0.5) is 22.0 Å². The van der Waals surface area contributed by atoms with E-state index in [1.54, 1.807) is 0 Å². The second-order valence-corrected chi connectivity index (χ2v) is 5.68. The van der Waals surface area contributed by atoms with Gasteiger partial charge >= 0.3 is 0 Å². The van der Waals surface area contributed by atoms with Crippen LogP contribution >= 0.6 is 0 Å². The van der Waals surface area contributed by atoms with Crippen LogP contribution in [0.5, 0.6) is 0 Å². The summed E-state index contributed by atoms with van der Waals surface area (Å²) < 4.78 is 67.6. The van der Waals surface area contributed by atoms with Crippen molar-refractivity contribution in [2.24, 2.45) is 11.7 Å². The smallest absolute Gasteiger partial charge is 0.251 e. The summed E-state index contributed by atoms with van der Waals surface area (Å²) in [6.07, 6.45) is -2.16. The van der Waals surface area contributed by atoms with Gasteiger partial charge in [0, 0.05) is 24.3 Å². The van der Waals surface area contributed by atoms with Gasteiger partial charge < -0.3 is 10.8 Å². The Labute approximate surface area is 118 Å². The summed E-state index contributed by atoms with van der Waals surface area (Å²) in [5, 5.41) is 10.1. The molecule has 2 nitrogen and oxygen atoms in total. The molecule has 0 spiro atoms. The van der Waals surface area contributed by atoms with Crippen molar-refractivity contribution < 1.29 is 27.1 Å². The van der Waals surface area contributed by atoms with Crippen molar-refractivity contribution in [2.45, 2.75) is 29.9 Å². The second kappa shape index (κ2) is 5.21. The molecule has 1 aliphatic carbocycles. The summed E-state index contributed by atoms with van der Waals surface area (Å²) in [6.45, 7) is -2.89. The van der Waals surface area contributed by atoms with Gasteiger partial charge in [0.2, 0.25) is 0 Å². The van der Waals surface area contributed by atoms with E-state index in [2.05, 4.69) is 0 Å².